The molecule has 4 nitrogen and oxygen atoms in total. The SMILES string of the molecule is Cc1ccc(-c2[nH]ncc2CNC2CCN(Cc3cccc(C)c3)CC2)cc1. The van der Waals surface area contributed by atoms with Gasteiger partial charge in [0.15, 0.2) is 0 Å². The maximum absolute atomic E-state index is 4.28. The number of nitrogens with one attached hydrogen (secondary N) is 2. The van der Waals surface area contributed by atoms with Crippen LogP contribution in [0, 0.1) is 13.8 Å². The first kappa shape index (κ1) is 18.9. The van der Waals surface area contributed by atoms with Crippen molar-refractivity contribution in [1.82, 2.24) is 20.4 Å². The lowest BCUT2D eigenvalue weighted by atomic mass is 10.0. The second-order valence-corrected chi connectivity index (χ2v) is 8.06. The molecular formula is C24H30N4. The van der Waals surface area contributed by atoms with E-state index in [0.717, 1.165) is 31.9 Å². The van der Waals surface area contributed by atoms with E-state index in [1.54, 1.807) is 0 Å². The molecule has 3 aromatic rings. The van der Waals surface area contributed by atoms with Gasteiger partial charge in [-0.1, -0.05) is 59.7 Å². The van der Waals surface area contributed by atoms with Gasteiger partial charge in [-0.2, -0.15) is 5.10 Å². The number of aromatic nitrogens is 2. The number of nitrogens with zero attached hydrogens (tertiary/aromatic N) is 2. The highest BCUT2D eigenvalue weighted by atomic mass is 15.1. The zero-order valence-corrected chi connectivity index (χ0v) is 16.9. The standard InChI is InChI=1S/C24H30N4/c1-18-6-8-21(9-7-18)24-22(16-26-27-24)15-25-23-10-12-28(13-11-23)17-20-5-3-4-19(2)14-20/h3-9,14,16,23,25H,10-13,15,17H2,1-2H3,(H,26,27). The zero-order valence-electron chi connectivity index (χ0n) is 16.9. The van der Waals surface area contributed by atoms with Gasteiger partial charge in [-0.3, -0.25) is 10.00 Å². The first-order valence-electron chi connectivity index (χ1n) is 10.3. The molecule has 0 spiro atoms. The average molecular weight is 375 g/mol. The predicted molar refractivity (Wildman–Crippen MR) is 115 cm³/mol. The number of hydrogen-bond donors (Lipinski definition) is 2. The molecule has 2 heterocycles. The lowest BCUT2D eigenvalue weighted by molar-refractivity contribution is 0.190. The molecule has 4 rings (SSSR count). The molecule has 146 valence electrons. The minimum atomic E-state index is 0.578. The third kappa shape index (κ3) is 4.70. The predicted octanol–water partition coefficient (Wildman–Crippen LogP) is 4.45. The van der Waals surface area contributed by atoms with E-state index in [9.17, 15) is 0 Å². The first-order chi connectivity index (χ1) is 13.7. The Labute approximate surface area is 168 Å². The molecule has 0 bridgehead atoms. The van der Waals surface area contributed by atoms with Crippen LogP contribution >= 0.6 is 0 Å². The number of piperidine rings is 1. The molecule has 1 aliphatic rings. The van der Waals surface area contributed by atoms with Gasteiger partial charge in [-0.05, 0) is 50.9 Å². The van der Waals surface area contributed by atoms with Crippen molar-refractivity contribution in [2.45, 2.75) is 45.8 Å². The quantitative estimate of drug-likeness (QED) is 0.670. The van der Waals surface area contributed by atoms with Gasteiger partial charge in [-0.15, -0.1) is 0 Å². The molecule has 1 fully saturated rings. The van der Waals surface area contributed by atoms with E-state index in [4.69, 9.17) is 0 Å². The van der Waals surface area contributed by atoms with Crippen molar-refractivity contribution < 1.29 is 0 Å². The van der Waals surface area contributed by atoms with E-state index in [1.807, 2.05) is 6.20 Å². The number of aryl methyl sites for hydroxylation is 2. The Morgan fingerprint density at radius 2 is 1.82 bits per heavy atom. The van der Waals surface area contributed by atoms with E-state index in [-0.39, 0.29) is 0 Å². The van der Waals surface area contributed by atoms with Crippen molar-refractivity contribution in [3.05, 3.63) is 77.0 Å². The summed E-state index contributed by atoms with van der Waals surface area (Å²) in [6, 6.07) is 18.1. The Bertz CT molecular complexity index is 889. The highest BCUT2D eigenvalue weighted by Gasteiger charge is 2.19. The lowest BCUT2D eigenvalue weighted by Gasteiger charge is -2.32. The first-order valence-corrected chi connectivity index (χ1v) is 10.3. The number of hydrogen-bond acceptors (Lipinski definition) is 3. The molecule has 2 aromatic carbocycles. The van der Waals surface area contributed by atoms with Crippen LogP contribution in [0.15, 0.2) is 54.7 Å². The van der Waals surface area contributed by atoms with Gasteiger partial charge < -0.3 is 5.32 Å². The minimum absolute atomic E-state index is 0.578. The van der Waals surface area contributed by atoms with Crippen molar-refractivity contribution in [1.29, 1.82) is 0 Å². The smallest absolute Gasteiger partial charge is 0.0695 e. The number of rotatable bonds is 6. The van der Waals surface area contributed by atoms with Crippen LogP contribution in [0.25, 0.3) is 11.3 Å². The van der Waals surface area contributed by atoms with E-state index in [0.29, 0.717) is 6.04 Å². The molecule has 1 saturated heterocycles. The lowest BCUT2D eigenvalue weighted by Crippen LogP contribution is -2.41. The fourth-order valence-corrected chi connectivity index (χ4v) is 4.03. The van der Waals surface area contributed by atoms with E-state index in [2.05, 4.69) is 82.8 Å². The van der Waals surface area contributed by atoms with Gasteiger partial charge in [0.25, 0.3) is 0 Å². The summed E-state index contributed by atoms with van der Waals surface area (Å²) in [5.74, 6) is 0. The molecule has 0 aliphatic carbocycles. The van der Waals surface area contributed by atoms with E-state index < -0.39 is 0 Å². The van der Waals surface area contributed by atoms with Crippen LogP contribution in [0.4, 0.5) is 0 Å². The van der Waals surface area contributed by atoms with Crippen LogP contribution in [-0.2, 0) is 13.1 Å². The summed E-state index contributed by atoms with van der Waals surface area (Å²) >= 11 is 0. The Morgan fingerprint density at radius 1 is 1.04 bits per heavy atom. The van der Waals surface area contributed by atoms with E-state index >= 15 is 0 Å². The summed E-state index contributed by atoms with van der Waals surface area (Å²) in [5.41, 5.74) is 7.62. The maximum Gasteiger partial charge on any atom is 0.0695 e. The Hall–Kier alpha value is -2.43. The number of aromatic amines is 1. The van der Waals surface area contributed by atoms with Crippen LogP contribution in [-0.4, -0.2) is 34.2 Å². The number of benzene rings is 2. The molecule has 2 N–H and O–H groups in total. The molecule has 4 heteroatoms. The van der Waals surface area contributed by atoms with Gasteiger partial charge in [-0.25, -0.2) is 0 Å². The van der Waals surface area contributed by atoms with Gasteiger partial charge in [0.05, 0.1) is 11.9 Å². The van der Waals surface area contributed by atoms with Gasteiger partial charge in [0, 0.05) is 24.7 Å². The maximum atomic E-state index is 4.28. The summed E-state index contributed by atoms with van der Waals surface area (Å²) < 4.78 is 0. The molecule has 0 atom stereocenters. The highest BCUT2D eigenvalue weighted by Crippen LogP contribution is 2.22. The number of H-pyrrole nitrogens is 1. The van der Waals surface area contributed by atoms with Crippen molar-refractivity contribution in [3.63, 3.8) is 0 Å². The van der Waals surface area contributed by atoms with Gasteiger partial charge in [0.1, 0.15) is 0 Å². The molecule has 1 aliphatic heterocycles. The molecule has 0 unspecified atom stereocenters. The van der Waals surface area contributed by atoms with Gasteiger partial charge >= 0.3 is 0 Å². The average Bonchev–Trinajstić information content (AvgIpc) is 3.17. The van der Waals surface area contributed by atoms with Crippen LogP contribution in [0.1, 0.15) is 35.1 Å². The fraction of sp³-hybridized carbons (Fsp3) is 0.375. The Morgan fingerprint density at radius 3 is 2.57 bits per heavy atom. The summed E-state index contributed by atoms with van der Waals surface area (Å²) in [6.07, 6.45) is 4.35. The van der Waals surface area contributed by atoms with Crippen molar-refractivity contribution in [2.24, 2.45) is 0 Å². The second kappa shape index (κ2) is 8.72. The minimum Gasteiger partial charge on any atom is -0.310 e. The van der Waals surface area contributed by atoms with Crippen LogP contribution in [0.2, 0.25) is 0 Å². The van der Waals surface area contributed by atoms with Crippen LogP contribution in [0.5, 0.6) is 0 Å². The second-order valence-electron chi connectivity index (χ2n) is 8.06. The molecule has 28 heavy (non-hydrogen) atoms. The summed E-state index contributed by atoms with van der Waals surface area (Å²) in [7, 11) is 0. The third-order valence-electron chi connectivity index (χ3n) is 5.72. The summed E-state index contributed by atoms with van der Waals surface area (Å²) in [5, 5.41) is 11.2. The molecular weight excluding hydrogens is 344 g/mol. The monoisotopic (exact) mass is 374 g/mol. The molecule has 0 radical (unpaired) electrons. The Balaban J connectivity index is 1.28. The van der Waals surface area contributed by atoms with E-state index in [1.165, 1.54) is 40.7 Å². The van der Waals surface area contributed by atoms with Crippen molar-refractivity contribution in [3.8, 4) is 11.3 Å². The molecule has 0 amide bonds. The summed E-state index contributed by atoms with van der Waals surface area (Å²) in [6.45, 7) is 8.52. The molecule has 0 saturated carbocycles. The number of likely N-dealkylation sites (tertiary alicyclic amines) is 1. The van der Waals surface area contributed by atoms with Crippen molar-refractivity contribution in [2.75, 3.05) is 13.1 Å². The fourth-order valence-electron chi connectivity index (χ4n) is 4.03. The molecule has 1 aromatic heterocycles. The van der Waals surface area contributed by atoms with Crippen LogP contribution in [0.3, 0.4) is 0 Å². The van der Waals surface area contributed by atoms with Gasteiger partial charge in [0.2, 0.25) is 0 Å². The summed E-state index contributed by atoms with van der Waals surface area (Å²) in [4.78, 5) is 2.57. The zero-order chi connectivity index (χ0) is 19.3. The van der Waals surface area contributed by atoms with Crippen LogP contribution < -0.4 is 5.32 Å². The Kier molecular flexibility index (Phi) is 5.89. The third-order valence-corrected chi connectivity index (χ3v) is 5.72. The normalized spacial score (nSPS) is 15.8. The largest absolute Gasteiger partial charge is 0.310 e. The highest BCUT2D eigenvalue weighted by molar-refractivity contribution is 5.62. The van der Waals surface area contributed by atoms with Crippen molar-refractivity contribution >= 4 is 0 Å². The topological polar surface area (TPSA) is 44.0 Å².